The molecule has 2 rings (SSSR count). The summed E-state index contributed by atoms with van der Waals surface area (Å²) in [6.07, 6.45) is 0.605. The Morgan fingerprint density at radius 3 is 2.83 bits per heavy atom. The van der Waals surface area contributed by atoms with E-state index < -0.39 is 11.9 Å². The van der Waals surface area contributed by atoms with E-state index >= 15 is 0 Å². The number of carboxylic acids is 1. The van der Waals surface area contributed by atoms with Crippen LogP contribution in [0.15, 0.2) is 24.3 Å². The number of hydrogen-bond donors (Lipinski definition) is 1. The SMILES string of the molecule is O=C(O)C1CCN(C(=O)Cc2cccc(F)c2)C1. The van der Waals surface area contributed by atoms with Crippen molar-refractivity contribution in [1.29, 1.82) is 0 Å². The molecule has 1 saturated heterocycles. The van der Waals surface area contributed by atoms with Crippen molar-refractivity contribution in [2.24, 2.45) is 5.92 Å². The van der Waals surface area contributed by atoms with Crippen molar-refractivity contribution in [3.8, 4) is 0 Å². The molecule has 1 N–H and O–H groups in total. The molecule has 1 aromatic carbocycles. The fourth-order valence-corrected chi connectivity index (χ4v) is 2.12. The van der Waals surface area contributed by atoms with E-state index in [-0.39, 0.29) is 24.7 Å². The second-order valence-electron chi connectivity index (χ2n) is 4.47. The lowest BCUT2D eigenvalue weighted by atomic mass is 10.1. The first-order chi connectivity index (χ1) is 8.56. The minimum absolute atomic E-state index is 0.115. The summed E-state index contributed by atoms with van der Waals surface area (Å²) in [5.74, 6) is -1.85. The highest BCUT2D eigenvalue weighted by molar-refractivity contribution is 5.80. The maximum atomic E-state index is 13.0. The van der Waals surface area contributed by atoms with Crippen LogP contribution in [0.5, 0.6) is 0 Å². The first-order valence-electron chi connectivity index (χ1n) is 5.81. The molecule has 96 valence electrons. The zero-order valence-corrected chi connectivity index (χ0v) is 9.80. The quantitative estimate of drug-likeness (QED) is 0.881. The molecular weight excluding hydrogens is 237 g/mol. The third-order valence-electron chi connectivity index (χ3n) is 3.13. The maximum absolute atomic E-state index is 13.0. The molecule has 1 unspecified atom stereocenters. The summed E-state index contributed by atoms with van der Waals surface area (Å²) in [5, 5.41) is 8.85. The van der Waals surface area contributed by atoms with Crippen LogP contribution in [0.1, 0.15) is 12.0 Å². The highest BCUT2D eigenvalue weighted by Crippen LogP contribution is 2.17. The van der Waals surface area contributed by atoms with Gasteiger partial charge in [-0.15, -0.1) is 0 Å². The van der Waals surface area contributed by atoms with Gasteiger partial charge >= 0.3 is 5.97 Å². The monoisotopic (exact) mass is 251 g/mol. The lowest BCUT2D eigenvalue weighted by molar-refractivity contribution is -0.141. The van der Waals surface area contributed by atoms with E-state index in [4.69, 9.17) is 5.11 Å². The van der Waals surface area contributed by atoms with E-state index in [1.807, 2.05) is 0 Å². The molecule has 0 aromatic heterocycles. The van der Waals surface area contributed by atoms with Crippen molar-refractivity contribution >= 4 is 11.9 Å². The number of halogens is 1. The molecule has 18 heavy (non-hydrogen) atoms. The Hall–Kier alpha value is -1.91. The van der Waals surface area contributed by atoms with E-state index in [0.717, 1.165) is 0 Å². The third kappa shape index (κ3) is 2.85. The van der Waals surface area contributed by atoms with Crippen molar-refractivity contribution in [3.05, 3.63) is 35.6 Å². The van der Waals surface area contributed by atoms with Gasteiger partial charge in [-0.1, -0.05) is 12.1 Å². The standard InChI is InChI=1S/C13H14FNO3/c14-11-3-1-2-9(6-11)7-12(16)15-5-4-10(8-15)13(17)18/h1-3,6,10H,4-5,7-8H2,(H,17,18). The Morgan fingerprint density at radius 1 is 1.44 bits per heavy atom. The number of hydrogen-bond acceptors (Lipinski definition) is 2. The van der Waals surface area contributed by atoms with Gasteiger partial charge in [-0.25, -0.2) is 4.39 Å². The predicted molar refractivity (Wildman–Crippen MR) is 62.4 cm³/mol. The van der Waals surface area contributed by atoms with Gasteiger partial charge in [-0.2, -0.15) is 0 Å². The number of rotatable bonds is 3. The van der Waals surface area contributed by atoms with E-state index in [2.05, 4.69) is 0 Å². The molecule has 1 aromatic rings. The zero-order chi connectivity index (χ0) is 13.1. The predicted octanol–water partition coefficient (Wildman–Crippen LogP) is 1.30. The molecule has 1 amide bonds. The van der Waals surface area contributed by atoms with Crippen molar-refractivity contribution in [2.45, 2.75) is 12.8 Å². The van der Waals surface area contributed by atoms with Crippen LogP contribution >= 0.6 is 0 Å². The normalized spacial score (nSPS) is 18.9. The second-order valence-corrected chi connectivity index (χ2v) is 4.47. The van der Waals surface area contributed by atoms with Crippen molar-refractivity contribution in [2.75, 3.05) is 13.1 Å². The fourth-order valence-electron chi connectivity index (χ4n) is 2.12. The van der Waals surface area contributed by atoms with Gasteiger partial charge in [0.25, 0.3) is 0 Å². The highest BCUT2D eigenvalue weighted by atomic mass is 19.1. The van der Waals surface area contributed by atoms with Crippen LogP contribution in [0, 0.1) is 11.7 Å². The first-order valence-corrected chi connectivity index (χ1v) is 5.81. The van der Waals surface area contributed by atoms with Crippen LogP contribution in [-0.2, 0) is 16.0 Å². The van der Waals surface area contributed by atoms with E-state index in [1.54, 1.807) is 12.1 Å². The molecule has 1 aliphatic rings. The summed E-state index contributed by atoms with van der Waals surface area (Å²) in [7, 11) is 0. The van der Waals surface area contributed by atoms with Crippen LogP contribution in [0.3, 0.4) is 0 Å². The number of carbonyl (C=O) groups excluding carboxylic acids is 1. The number of carbonyl (C=O) groups is 2. The molecule has 4 nitrogen and oxygen atoms in total. The molecule has 5 heteroatoms. The van der Waals surface area contributed by atoms with Crippen molar-refractivity contribution < 1.29 is 19.1 Å². The van der Waals surface area contributed by atoms with Crippen LogP contribution in [-0.4, -0.2) is 35.0 Å². The Bertz CT molecular complexity index is 475. The zero-order valence-electron chi connectivity index (χ0n) is 9.80. The molecule has 0 spiro atoms. The third-order valence-corrected chi connectivity index (χ3v) is 3.13. The molecular formula is C13H14FNO3. The molecule has 0 bridgehead atoms. The summed E-state index contributed by atoms with van der Waals surface area (Å²) >= 11 is 0. The van der Waals surface area contributed by atoms with Gasteiger partial charge in [-0.05, 0) is 24.1 Å². The van der Waals surface area contributed by atoms with Crippen LogP contribution in [0.2, 0.25) is 0 Å². The number of amides is 1. The maximum Gasteiger partial charge on any atom is 0.308 e. The summed E-state index contributed by atoms with van der Waals surface area (Å²) in [5.41, 5.74) is 0.610. The molecule has 1 fully saturated rings. The van der Waals surface area contributed by atoms with Gasteiger partial charge in [0.2, 0.25) is 5.91 Å². The molecule has 1 atom stereocenters. The molecule has 1 aliphatic heterocycles. The van der Waals surface area contributed by atoms with E-state index in [0.29, 0.717) is 18.5 Å². The van der Waals surface area contributed by atoms with Gasteiger partial charge in [0.15, 0.2) is 0 Å². The minimum atomic E-state index is -0.865. The highest BCUT2D eigenvalue weighted by Gasteiger charge is 2.30. The number of nitrogens with zero attached hydrogens (tertiary/aromatic N) is 1. The average Bonchev–Trinajstić information content (AvgIpc) is 2.78. The van der Waals surface area contributed by atoms with Crippen molar-refractivity contribution in [3.63, 3.8) is 0 Å². The van der Waals surface area contributed by atoms with Crippen LogP contribution in [0.25, 0.3) is 0 Å². The van der Waals surface area contributed by atoms with Gasteiger partial charge in [0.1, 0.15) is 5.82 Å². The van der Waals surface area contributed by atoms with Crippen molar-refractivity contribution in [1.82, 2.24) is 4.90 Å². The summed E-state index contributed by atoms with van der Waals surface area (Å²) in [6, 6.07) is 5.89. The first kappa shape index (κ1) is 12.5. The number of aliphatic carboxylic acids is 1. The number of carboxylic acid groups (broad SMARTS) is 1. The van der Waals surface area contributed by atoms with Gasteiger partial charge in [0, 0.05) is 13.1 Å². The fraction of sp³-hybridized carbons (Fsp3) is 0.385. The van der Waals surface area contributed by atoms with E-state index in [1.165, 1.54) is 17.0 Å². The Labute approximate surface area is 104 Å². The Kier molecular flexibility index (Phi) is 3.60. The number of likely N-dealkylation sites (tertiary alicyclic amines) is 1. The average molecular weight is 251 g/mol. The van der Waals surface area contributed by atoms with Gasteiger partial charge < -0.3 is 10.0 Å². The lowest BCUT2D eigenvalue weighted by Crippen LogP contribution is -2.31. The Balaban J connectivity index is 1.95. The molecule has 0 aliphatic carbocycles. The van der Waals surface area contributed by atoms with Gasteiger partial charge in [-0.3, -0.25) is 9.59 Å². The molecule has 1 heterocycles. The topological polar surface area (TPSA) is 57.6 Å². The lowest BCUT2D eigenvalue weighted by Gasteiger charge is -2.15. The Morgan fingerprint density at radius 2 is 2.22 bits per heavy atom. The molecule has 0 radical (unpaired) electrons. The summed E-state index contributed by atoms with van der Waals surface area (Å²) in [4.78, 5) is 24.2. The largest absolute Gasteiger partial charge is 0.481 e. The van der Waals surface area contributed by atoms with Crippen LogP contribution in [0.4, 0.5) is 4.39 Å². The van der Waals surface area contributed by atoms with Gasteiger partial charge in [0.05, 0.1) is 12.3 Å². The summed E-state index contributed by atoms with van der Waals surface area (Å²) in [6.45, 7) is 0.717. The van der Waals surface area contributed by atoms with E-state index in [9.17, 15) is 14.0 Å². The minimum Gasteiger partial charge on any atom is -0.481 e. The summed E-state index contributed by atoms with van der Waals surface area (Å²) < 4.78 is 13.0. The number of benzene rings is 1. The molecule has 0 saturated carbocycles. The second kappa shape index (κ2) is 5.16. The van der Waals surface area contributed by atoms with Crippen LogP contribution < -0.4 is 0 Å². The smallest absolute Gasteiger partial charge is 0.308 e.